The molecule has 32 heavy (non-hydrogen) atoms. The third-order valence-electron chi connectivity index (χ3n) is 6.01. The molecule has 1 N–H and O–H groups in total. The van der Waals surface area contributed by atoms with E-state index in [2.05, 4.69) is 31.3 Å². The van der Waals surface area contributed by atoms with Crippen LogP contribution in [0, 0.1) is 5.92 Å². The number of carbonyl (C=O) groups excluding carboxylic acids is 1. The van der Waals surface area contributed by atoms with Gasteiger partial charge in [0.25, 0.3) is 0 Å². The van der Waals surface area contributed by atoms with Crippen molar-refractivity contribution in [1.29, 1.82) is 0 Å². The Hall–Kier alpha value is -1.91. The van der Waals surface area contributed by atoms with Gasteiger partial charge in [-0.3, -0.25) is 9.36 Å². The van der Waals surface area contributed by atoms with E-state index in [1.54, 1.807) is 0 Å². The van der Waals surface area contributed by atoms with Gasteiger partial charge in [-0.2, -0.15) is 0 Å². The summed E-state index contributed by atoms with van der Waals surface area (Å²) in [5.41, 5.74) is 1.64. The Morgan fingerprint density at radius 2 is 1.81 bits per heavy atom. The number of benzene rings is 1. The SMILES string of the molecule is CC1CCN(c2nnc(SCC(=O)c3ccc(CCNS(C)(=O)=O)cc3)n2C2CC2)CC1. The Labute approximate surface area is 194 Å². The fourth-order valence-electron chi connectivity index (χ4n) is 3.90. The van der Waals surface area contributed by atoms with Gasteiger partial charge in [-0.15, -0.1) is 10.2 Å². The van der Waals surface area contributed by atoms with E-state index in [9.17, 15) is 13.2 Å². The van der Waals surface area contributed by atoms with Crippen molar-refractivity contribution in [1.82, 2.24) is 19.5 Å². The maximum atomic E-state index is 12.7. The van der Waals surface area contributed by atoms with Crippen LogP contribution in [0.5, 0.6) is 0 Å². The van der Waals surface area contributed by atoms with Crippen molar-refractivity contribution in [3.8, 4) is 0 Å². The second-order valence-electron chi connectivity index (χ2n) is 8.88. The lowest BCUT2D eigenvalue weighted by Gasteiger charge is -2.31. The Morgan fingerprint density at radius 3 is 2.44 bits per heavy atom. The van der Waals surface area contributed by atoms with Crippen LogP contribution in [-0.4, -0.2) is 60.6 Å². The minimum absolute atomic E-state index is 0.0505. The van der Waals surface area contributed by atoms with E-state index in [1.807, 2.05) is 24.3 Å². The van der Waals surface area contributed by atoms with E-state index in [4.69, 9.17) is 0 Å². The molecule has 0 unspecified atom stereocenters. The van der Waals surface area contributed by atoms with Gasteiger partial charge in [0, 0.05) is 31.2 Å². The molecule has 1 aromatic carbocycles. The summed E-state index contributed by atoms with van der Waals surface area (Å²) < 4.78 is 27.0. The van der Waals surface area contributed by atoms with E-state index in [0.717, 1.165) is 54.8 Å². The van der Waals surface area contributed by atoms with Crippen LogP contribution in [0.15, 0.2) is 29.4 Å². The molecule has 0 radical (unpaired) electrons. The highest BCUT2D eigenvalue weighted by atomic mass is 32.2. The molecular weight excluding hydrogens is 446 g/mol. The molecule has 0 atom stereocenters. The minimum Gasteiger partial charge on any atom is -0.341 e. The van der Waals surface area contributed by atoms with Crippen LogP contribution in [0.4, 0.5) is 5.95 Å². The summed E-state index contributed by atoms with van der Waals surface area (Å²) >= 11 is 1.46. The van der Waals surface area contributed by atoms with Crippen molar-refractivity contribution >= 4 is 33.5 Å². The van der Waals surface area contributed by atoms with Crippen LogP contribution >= 0.6 is 11.8 Å². The van der Waals surface area contributed by atoms with Gasteiger partial charge >= 0.3 is 0 Å². The third-order valence-corrected chi connectivity index (χ3v) is 7.68. The lowest BCUT2D eigenvalue weighted by atomic mass is 10.00. The van der Waals surface area contributed by atoms with Gasteiger partial charge in [0.15, 0.2) is 10.9 Å². The van der Waals surface area contributed by atoms with Crippen molar-refractivity contribution in [2.45, 2.75) is 50.2 Å². The average Bonchev–Trinajstić information content (AvgIpc) is 3.51. The monoisotopic (exact) mass is 477 g/mol. The van der Waals surface area contributed by atoms with Gasteiger partial charge < -0.3 is 4.90 Å². The molecule has 2 heterocycles. The highest BCUT2D eigenvalue weighted by molar-refractivity contribution is 7.99. The molecule has 2 fully saturated rings. The molecule has 8 nitrogen and oxygen atoms in total. The Kier molecular flexibility index (Phi) is 7.21. The second kappa shape index (κ2) is 9.93. The minimum atomic E-state index is -3.19. The van der Waals surface area contributed by atoms with Gasteiger partial charge in [-0.25, -0.2) is 13.1 Å². The number of hydrogen-bond acceptors (Lipinski definition) is 7. The van der Waals surface area contributed by atoms with Gasteiger partial charge in [0.1, 0.15) is 0 Å². The van der Waals surface area contributed by atoms with Gasteiger partial charge in [0.05, 0.1) is 12.0 Å². The van der Waals surface area contributed by atoms with E-state index in [0.29, 0.717) is 30.3 Å². The van der Waals surface area contributed by atoms with Crippen LogP contribution in [0.25, 0.3) is 0 Å². The molecule has 2 aromatic rings. The third kappa shape index (κ3) is 6.11. The predicted octanol–water partition coefficient (Wildman–Crippen LogP) is 2.92. The molecule has 1 saturated carbocycles. The summed E-state index contributed by atoms with van der Waals surface area (Å²) in [5, 5.41) is 9.75. The number of rotatable bonds is 10. The van der Waals surface area contributed by atoms with Crippen LogP contribution in [0.1, 0.15) is 54.6 Å². The van der Waals surface area contributed by atoms with Gasteiger partial charge in [-0.05, 0) is 43.6 Å². The summed E-state index contributed by atoms with van der Waals surface area (Å²) in [5.74, 6) is 2.09. The molecule has 1 aliphatic heterocycles. The summed E-state index contributed by atoms with van der Waals surface area (Å²) in [6.45, 7) is 4.68. The molecule has 10 heteroatoms. The topological polar surface area (TPSA) is 97.2 Å². The normalized spacial score (nSPS) is 17.6. The van der Waals surface area contributed by atoms with Crippen LogP contribution in [0.3, 0.4) is 0 Å². The lowest BCUT2D eigenvalue weighted by Crippen LogP contribution is -2.34. The van der Waals surface area contributed by atoms with Crippen LogP contribution in [0.2, 0.25) is 0 Å². The largest absolute Gasteiger partial charge is 0.341 e. The van der Waals surface area contributed by atoms with Crippen molar-refractivity contribution in [2.75, 3.05) is 36.5 Å². The van der Waals surface area contributed by atoms with Crippen molar-refractivity contribution < 1.29 is 13.2 Å². The summed E-state index contributed by atoms with van der Waals surface area (Å²) in [7, 11) is -3.19. The first kappa shape index (κ1) is 23.3. The molecule has 1 aliphatic carbocycles. The standard InChI is InChI=1S/C22H31N5O3S2/c1-16-10-13-26(14-11-16)21-24-25-22(27(21)19-7-8-19)31-15-20(28)18-5-3-17(4-6-18)9-12-23-32(2,29)30/h3-6,16,19,23H,7-15H2,1-2H3. The zero-order chi connectivity index (χ0) is 22.7. The number of anilines is 1. The number of nitrogens with one attached hydrogen (secondary N) is 1. The predicted molar refractivity (Wildman–Crippen MR) is 127 cm³/mol. The summed E-state index contributed by atoms with van der Waals surface area (Å²) in [6, 6.07) is 7.83. The van der Waals surface area contributed by atoms with E-state index >= 15 is 0 Å². The van der Waals surface area contributed by atoms with Crippen LogP contribution in [-0.2, 0) is 16.4 Å². The number of aromatic nitrogens is 3. The first-order valence-electron chi connectivity index (χ1n) is 11.2. The van der Waals surface area contributed by atoms with Gasteiger partial charge in [0.2, 0.25) is 16.0 Å². The Balaban J connectivity index is 1.35. The van der Waals surface area contributed by atoms with Crippen molar-refractivity contribution in [2.24, 2.45) is 5.92 Å². The molecule has 0 bridgehead atoms. The number of Topliss-reactive ketones (excluding diaryl/α,β-unsaturated/α-hetero) is 1. The number of sulfonamides is 1. The number of hydrogen-bond donors (Lipinski definition) is 1. The van der Waals surface area contributed by atoms with E-state index in [-0.39, 0.29) is 5.78 Å². The van der Waals surface area contributed by atoms with E-state index in [1.165, 1.54) is 24.6 Å². The number of thioether (sulfide) groups is 1. The molecule has 1 aromatic heterocycles. The molecule has 4 rings (SSSR count). The maximum absolute atomic E-state index is 12.7. The van der Waals surface area contributed by atoms with Gasteiger partial charge in [-0.1, -0.05) is 43.0 Å². The molecule has 174 valence electrons. The maximum Gasteiger partial charge on any atom is 0.228 e. The zero-order valence-corrected chi connectivity index (χ0v) is 20.3. The van der Waals surface area contributed by atoms with Crippen molar-refractivity contribution in [3.05, 3.63) is 35.4 Å². The summed E-state index contributed by atoms with van der Waals surface area (Å²) in [6.07, 6.45) is 6.38. The van der Waals surface area contributed by atoms with E-state index < -0.39 is 10.0 Å². The summed E-state index contributed by atoms with van der Waals surface area (Å²) in [4.78, 5) is 15.1. The molecule has 2 aliphatic rings. The van der Waals surface area contributed by atoms with Crippen LogP contribution < -0.4 is 9.62 Å². The Bertz CT molecular complexity index is 1040. The number of piperidine rings is 1. The Morgan fingerprint density at radius 1 is 1.12 bits per heavy atom. The number of carbonyl (C=O) groups is 1. The first-order chi connectivity index (χ1) is 15.3. The molecule has 0 amide bonds. The number of nitrogens with zero attached hydrogens (tertiary/aromatic N) is 4. The average molecular weight is 478 g/mol. The highest BCUT2D eigenvalue weighted by Crippen LogP contribution is 2.41. The molecular formula is C22H31N5O3S2. The molecule has 0 spiro atoms. The fourth-order valence-corrected chi connectivity index (χ4v) is 5.26. The molecule has 1 saturated heterocycles. The second-order valence-corrected chi connectivity index (χ2v) is 11.7. The highest BCUT2D eigenvalue weighted by Gasteiger charge is 2.32. The lowest BCUT2D eigenvalue weighted by molar-refractivity contribution is 0.102. The fraction of sp³-hybridized carbons (Fsp3) is 0.591. The quantitative estimate of drug-likeness (QED) is 0.415. The smallest absolute Gasteiger partial charge is 0.228 e. The first-order valence-corrected chi connectivity index (χ1v) is 14.1. The number of ketones is 1. The van der Waals surface area contributed by atoms with Crippen molar-refractivity contribution in [3.63, 3.8) is 0 Å². The zero-order valence-electron chi connectivity index (χ0n) is 18.7.